The van der Waals surface area contributed by atoms with E-state index in [1.54, 1.807) is 18.3 Å². The van der Waals surface area contributed by atoms with E-state index < -0.39 is 0 Å². The van der Waals surface area contributed by atoms with Crippen LogP contribution in [0.1, 0.15) is 11.1 Å². The van der Waals surface area contributed by atoms with Crippen molar-refractivity contribution in [3.8, 4) is 10.4 Å². The Bertz CT molecular complexity index is 490. The molecule has 0 amide bonds. The Labute approximate surface area is 98.9 Å². The van der Waals surface area contributed by atoms with Crippen molar-refractivity contribution in [3.05, 3.63) is 46.6 Å². The van der Waals surface area contributed by atoms with E-state index in [9.17, 15) is 4.39 Å². The summed E-state index contributed by atoms with van der Waals surface area (Å²) in [6.07, 6.45) is 0. The van der Waals surface area contributed by atoms with Gasteiger partial charge in [-0.1, -0.05) is 6.07 Å². The van der Waals surface area contributed by atoms with Gasteiger partial charge in [-0.05, 0) is 54.2 Å². The van der Waals surface area contributed by atoms with Crippen LogP contribution in [0.3, 0.4) is 0 Å². The largest absolute Gasteiger partial charge is 0.316 e. The van der Waals surface area contributed by atoms with Crippen molar-refractivity contribution in [2.24, 2.45) is 0 Å². The summed E-state index contributed by atoms with van der Waals surface area (Å²) >= 11 is 1.69. The van der Waals surface area contributed by atoms with Gasteiger partial charge in [-0.25, -0.2) is 4.39 Å². The number of hydrogen-bond acceptors (Lipinski definition) is 2. The third kappa shape index (κ3) is 2.31. The first-order valence-electron chi connectivity index (χ1n) is 5.19. The Hall–Kier alpha value is -1.19. The van der Waals surface area contributed by atoms with Crippen LogP contribution in [-0.2, 0) is 6.54 Å². The molecule has 0 unspecified atom stereocenters. The van der Waals surface area contributed by atoms with Gasteiger partial charge in [0.1, 0.15) is 5.82 Å². The third-order valence-electron chi connectivity index (χ3n) is 2.48. The summed E-state index contributed by atoms with van der Waals surface area (Å²) in [5.41, 5.74) is 3.05. The fraction of sp³-hybridized carbons (Fsp3) is 0.231. The molecular formula is C13H14FNS. The molecule has 16 heavy (non-hydrogen) atoms. The van der Waals surface area contributed by atoms with Gasteiger partial charge in [0, 0.05) is 11.4 Å². The van der Waals surface area contributed by atoms with E-state index in [1.807, 2.05) is 19.2 Å². The standard InChI is InChI=1S/C13H14FNS/c1-9-5-11(3-4-12(9)14)13-6-10(7-15-2)8-16-13/h3-6,8,15H,7H2,1-2H3. The summed E-state index contributed by atoms with van der Waals surface area (Å²) in [5, 5.41) is 5.25. The molecule has 2 aromatic rings. The molecule has 0 saturated heterocycles. The molecule has 0 aliphatic rings. The monoisotopic (exact) mass is 235 g/mol. The lowest BCUT2D eigenvalue weighted by molar-refractivity contribution is 0.619. The number of halogens is 1. The number of aryl methyl sites for hydroxylation is 1. The molecule has 2 rings (SSSR count). The van der Waals surface area contributed by atoms with E-state index in [4.69, 9.17) is 0 Å². The maximum Gasteiger partial charge on any atom is 0.126 e. The average molecular weight is 235 g/mol. The zero-order chi connectivity index (χ0) is 11.5. The van der Waals surface area contributed by atoms with Gasteiger partial charge in [0.05, 0.1) is 0 Å². The first-order valence-corrected chi connectivity index (χ1v) is 6.07. The van der Waals surface area contributed by atoms with E-state index in [2.05, 4.69) is 16.8 Å². The van der Waals surface area contributed by atoms with Crippen LogP contribution in [0.2, 0.25) is 0 Å². The zero-order valence-corrected chi connectivity index (χ0v) is 10.2. The molecule has 1 heterocycles. The van der Waals surface area contributed by atoms with Gasteiger partial charge in [-0.15, -0.1) is 11.3 Å². The lowest BCUT2D eigenvalue weighted by atomic mass is 10.1. The quantitative estimate of drug-likeness (QED) is 0.857. The fourth-order valence-electron chi connectivity index (χ4n) is 1.62. The molecule has 0 aliphatic heterocycles. The molecule has 1 nitrogen and oxygen atoms in total. The van der Waals surface area contributed by atoms with Crippen LogP contribution in [0.4, 0.5) is 4.39 Å². The van der Waals surface area contributed by atoms with Gasteiger partial charge < -0.3 is 5.32 Å². The van der Waals surface area contributed by atoms with Crippen molar-refractivity contribution in [1.29, 1.82) is 0 Å². The van der Waals surface area contributed by atoms with Gasteiger partial charge in [0.2, 0.25) is 0 Å². The highest BCUT2D eigenvalue weighted by molar-refractivity contribution is 7.13. The zero-order valence-electron chi connectivity index (χ0n) is 9.38. The highest BCUT2D eigenvalue weighted by Gasteiger charge is 2.04. The van der Waals surface area contributed by atoms with Crippen molar-refractivity contribution in [2.75, 3.05) is 7.05 Å². The topological polar surface area (TPSA) is 12.0 Å². The molecule has 84 valence electrons. The highest BCUT2D eigenvalue weighted by atomic mass is 32.1. The minimum Gasteiger partial charge on any atom is -0.316 e. The lowest BCUT2D eigenvalue weighted by Gasteiger charge is -2.00. The normalized spacial score (nSPS) is 10.7. The number of thiophene rings is 1. The smallest absolute Gasteiger partial charge is 0.126 e. The average Bonchev–Trinajstić information content (AvgIpc) is 2.71. The third-order valence-corrected chi connectivity index (χ3v) is 3.51. The molecule has 1 aromatic heterocycles. The van der Waals surface area contributed by atoms with Gasteiger partial charge in [0.25, 0.3) is 0 Å². The maximum absolute atomic E-state index is 13.1. The summed E-state index contributed by atoms with van der Waals surface area (Å²) < 4.78 is 13.1. The fourth-order valence-corrected chi connectivity index (χ4v) is 2.53. The minimum absolute atomic E-state index is 0.143. The lowest BCUT2D eigenvalue weighted by Crippen LogP contribution is -2.03. The Morgan fingerprint density at radius 1 is 1.31 bits per heavy atom. The number of benzene rings is 1. The van der Waals surface area contributed by atoms with Gasteiger partial charge in [-0.2, -0.15) is 0 Å². The molecule has 0 bridgehead atoms. The summed E-state index contributed by atoms with van der Waals surface area (Å²) in [4.78, 5) is 1.19. The van der Waals surface area contributed by atoms with Crippen LogP contribution in [0.15, 0.2) is 29.6 Å². The van der Waals surface area contributed by atoms with Crippen molar-refractivity contribution >= 4 is 11.3 Å². The Balaban J connectivity index is 2.31. The van der Waals surface area contributed by atoms with Crippen molar-refractivity contribution in [3.63, 3.8) is 0 Å². The Morgan fingerprint density at radius 3 is 2.81 bits per heavy atom. The van der Waals surface area contributed by atoms with Gasteiger partial charge in [0.15, 0.2) is 0 Å². The van der Waals surface area contributed by atoms with Crippen LogP contribution in [0.25, 0.3) is 10.4 Å². The van der Waals surface area contributed by atoms with Crippen LogP contribution in [0, 0.1) is 12.7 Å². The molecule has 0 aliphatic carbocycles. The number of nitrogens with one attached hydrogen (secondary N) is 1. The molecule has 0 fully saturated rings. The Morgan fingerprint density at radius 2 is 2.12 bits per heavy atom. The van der Waals surface area contributed by atoms with Crippen molar-refractivity contribution < 1.29 is 4.39 Å². The van der Waals surface area contributed by atoms with Crippen LogP contribution >= 0.6 is 11.3 Å². The molecule has 0 radical (unpaired) electrons. The number of rotatable bonds is 3. The SMILES string of the molecule is CNCc1csc(-c2ccc(F)c(C)c2)c1. The Kier molecular flexibility index (Phi) is 3.36. The molecule has 0 atom stereocenters. The maximum atomic E-state index is 13.1. The highest BCUT2D eigenvalue weighted by Crippen LogP contribution is 2.28. The molecule has 0 spiro atoms. The molecule has 1 N–H and O–H groups in total. The second-order valence-electron chi connectivity index (χ2n) is 3.81. The van der Waals surface area contributed by atoms with Crippen LogP contribution in [-0.4, -0.2) is 7.05 Å². The second-order valence-corrected chi connectivity index (χ2v) is 4.72. The predicted octanol–water partition coefficient (Wildman–Crippen LogP) is 3.58. The molecular weight excluding hydrogens is 221 g/mol. The van der Waals surface area contributed by atoms with Gasteiger partial charge in [-0.3, -0.25) is 0 Å². The van der Waals surface area contributed by atoms with Crippen LogP contribution < -0.4 is 5.32 Å². The summed E-state index contributed by atoms with van der Waals surface area (Å²) in [6, 6.07) is 7.40. The van der Waals surface area contributed by atoms with E-state index in [-0.39, 0.29) is 5.82 Å². The van der Waals surface area contributed by atoms with E-state index in [0.717, 1.165) is 12.1 Å². The predicted molar refractivity (Wildman–Crippen MR) is 67.2 cm³/mol. The first-order chi connectivity index (χ1) is 7.70. The van der Waals surface area contributed by atoms with E-state index in [1.165, 1.54) is 16.5 Å². The first kappa shape index (κ1) is 11.3. The van der Waals surface area contributed by atoms with E-state index >= 15 is 0 Å². The molecule has 0 saturated carbocycles. The number of hydrogen-bond donors (Lipinski definition) is 1. The minimum atomic E-state index is -0.143. The molecule has 3 heteroatoms. The van der Waals surface area contributed by atoms with Crippen molar-refractivity contribution in [1.82, 2.24) is 5.32 Å². The van der Waals surface area contributed by atoms with Crippen molar-refractivity contribution in [2.45, 2.75) is 13.5 Å². The summed E-state index contributed by atoms with van der Waals surface area (Å²) in [5.74, 6) is -0.143. The van der Waals surface area contributed by atoms with E-state index in [0.29, 0.717) is 5.56 Å². The summed E-state index contributed by atoms with van der Waals surface area (Å²) in [7, 11) is 1.93. The van der Waals surface area contributed by atoms with Gasteiger partial charge >= 0.3 is 0 Å². The molecule has 1 aromatic carbocycles. The van der Waals surface area contributed by atoms with Crippen LogP contribution in [0.5, 0.6) is 0 Å². The second kappa shape index (κ2) is 4.76. The summed E-state index contributed by atoms with van der Waals surface area (Å²) in [6.45, 7) is 2.66.